The van der Waals surface area contributed by atoms with E-state index in [0.717, 1.165) is 5.56 Å². The summed E-state index contributed by atoms with van der Waals surface area (Å²) in [5.41, 5.74) is 7.62. The summed E-state index contributed by atoms with van der Waals surface area (Å²) in [6.07, 6.45) is -3.77. The summed E-state index contributed by atoms with van der Waals surface area (Å²) < 4.78 is 36.4. The Morgan fingerprint density at radius 3 is 2.45 bits per heavy atom. The smallest absolute Gasteiger partial charge is 0.354 e. The molecule has 0 aliphatic carbocycles. The Kier molecular flexibility index (Phi) is 6.83. The lowest BCUT2D eigenvalue weighted by Crippen LogP contribution is -2.37. The number of rotatable bonds is 7. The second-order valence-corrected chi connectivity index (χ2v) is 5.39. The van der Waals surface area contributed by atoms with Crippen molar-refractivity contribution in [1.82, 2.24) is 10.2 Å². The molecule has 124 valence electrons. The molecule has 1 aromatic carbocycles. The lowest BCUT2D eigenvalue weighted by Gasteiger charge is -2.18. The lowest BCUT2D eigenvalue weighted by molar-refractivity contribution is -0.143. The number of carbonyl (C=O) groups excluding carboxylic acids is 1. The summed E-state index contributed by atoms with van der Waals surface area (Å²) in [5, 5.41) is 2.64. The number of nitrogens with two attached hydrogens (primary N) is 1. The summed E-state index contributed by atoms with van der Waals surface area (Å²) in [6, 6.07) is 6.55. The molecular weight excluding hydrogens is 295 g/mol. The highest BCUT2D eigenvalue weighted by Gasteiger charge is 2.28. The zero-order valence-corrected chi connectivity index (χ0v) is 12.8. The Bertz CT molecular complexity index is 474. The van der Waals surface area contributed by atoms with Crippen LogP contribution in [0.15, 0.2) is 24.3 Å². The molecule has 7 heteroatoms. The Morgan fingerprint density at radius 1 is 1.32 bits per heavy atom. The van der Waals surface area contributed by atoms with Crippen LogP contribution in [0.25, 0.3) is 0 Å². The minimum Gasteiger partial charge on any atom is -0.354 e. The third kappa shape index (κ3) is 6.91. The van der Waals surface area contributed by atoms with Crippen LogP contribution in [-0.2, 0) is 4.79 Å². The molecule has 0 saturated carbocycles. The molecule has 0 heterocycles. The van der Waals surface area contributed by atoms with Gasteiger partial charge in [-0.25, -0.2) is 0 Å². The highest BCUT2D eigenvalue weighted by Crippen LogP contribution is 2.15. The van der Waals surface area contributed by atoms with Gasteiger partial charge in [-0.2, -0.15) is 13.2 Å². The topological polar surface area (TPSA) is 58.4 Å². The molecule has 1 aromatic rings. The highest BCUT2D eigenvalue weighted by atomic mass is 19.4. The second-order valence-electron chi connectivity index (χ2n) is 5.39. The maximum Gasteiger partial charge on any atom is 0.401 e. The van der Waals surface area contributed by atoms with Gasteiger partial charge in [0.2, 0.25) is 5.91 Å². The Balaban J connectivity index is 2.30. The maximum atomic E-state index is 12.1. The van der Waals surface area contributed by atoms with Gasteiger partial charge in [0.15, 0.2) is 0 Å². The highest BCUT2D eigenvalue weighted by molar-refractivity contribution is 5.82. The molecule has 1 amide bonds. The van der Waals surface area contributed by atoms with E-state index in [9.17, 15) is 18.0 Å². The monoisotopic (exact) mass is 317 g/mol. The van der Waals surface area contributed by atoms with Crippen molar-refractivity contribution in [3.05, 3.63) is 35.4 Å². The van der Waals surface area contributed by atoms with Crippen LogP contribution < -0.4 is 11.1 Å². The van der Waals surface area contributed by atoms with Crippen molar-refractivity contribution in [2.75, 3.05) is 26.7 Å². The average molecular weight is 317 g/mol. The van der Waals surface area contributed by atoms with Gasteiger partial charge in [-0.1, -0.05) is 29.8 Å². The third-order valence-electron chi connectivity index (χ3n) is 3.18. The zero-order chi connectivity index (χ0) is 16.8. The number of carbonyl (C=O) groups is 1. The van der Waals surface area contributed by atoms with E-state index >= 15 is 0 Å². The van der Waals surface area contributed by atoms with Gasteiger partial charge in [-0.05, 0) is 32.5 Å². The number of hydrogen-bond acceptors (Lipinski definition) is 3. The minimum atomic E-state index is -4.20. The fraction of sp³-hybridized carbons (Fsp3) is 0.533. The molecular formula is C15H22F3N3O. The fourth-order valence-corrected chi connectivity index (χ4v) is 1.98. The molecule has 0 spiro atoms. The number of nitrogens with zero attached hydrogens (tertiary/aromatic N) is 1. The first-order chi connectivity index (χ1) is 10.2. The van der Waals surface area contributed by atoms with Crippen molar-refractivity contribution in [3.8, 4) is 0 Å². The van der Waals surface area contributed by atoms with E-state index < -0.39 is 18.8 Å². The predicted octanol–water partition coefficient (Wildman–Crippen LogP) is 2.00. The van der Waals surface area contributed by atoms with E-state index in [0.29, 0.717) is 18.5 Å². The van der Waals surface area contributed by atoms with Gasteiger partial charge in [-0.15, -0.1) is 0 Å². The molecule has 22 heavy (non-hydrogen) atoms. The normalized spacial score (nSPS) is 13.2. The Morgan fingerprint density at radius 2 is 1.91 bits per heavy atom. The molecule has 0 aromatic heterocycles. The van der Waals surface area contributed by atoms with Crippen LogP contribution in [0, 0.1) is 6.92 Å². The SMILES string of the molecule is Cc1ccc(C(N)C(=O)NCCCN(C)CC(F)(F)F)cc1. The third-order valence-corrected chi connectivity index (χ3v) is 3.18. The van der Waals surface area contributed by atoms with Crippen molar-refractivity contribution >= 4 is 5.91 Å². The van der Waals surface area contributed by atoms with Crippen molar-refractivity contribution < 1.29 is 18.0 Å². The van der Waals surface area contributed by atoms with Crippen LogP contribution in [0.2, 0.25) is 0 Å². The fourth-order valence-electron chi connectivity index (χ4n) is 1.98. The number of benzene rings is 1. The van der Waals surface area contributed by atoms with Crippen molar-refractivity contribution in [3.63, 3.8) is 0 Å². The van der Waals surface area contributed by atoms with Gasteiger partial charge < -0.3 is 11.1 Å². The van der Waals surface area contributed by atoms with Crippen LogP contribution in [0.1, 0.15) is 23.6 Å². The van der Waals surface area contributed by atoms with E-state index in [1.54, 1.807) is 12.1 Å². The quantitative estimate of drug-likeness (QED) is 0.756. The van der Waals surface area contributed by atoms with Gasteiger partial charge in [0.1, 0.15) is 6.04 Å². The van der Waals surface area contributed by atoms with Crippen LogP contribution >= 0.6 is 0 Å². The number of hydrogen-bond donors (Lipinski definition) is 2. The molecule has 0 fully saturated rings. The van der Waals surface area contributed by atoms with E-state index in [1.165, 1.54) is 11.9 Å². The second kappa shape index (κ2) is 8.14. The first-order valence-electron chi connectivity index (χ1n) is 7.04. The van der Waals surface area contributed by atoms with E-state index in [4.69, 9.17) is 5.73 Å². The van der Waals surface area contributed by atoms with Gasteiger partial charge in [0.05, 0.1) is 6.54 Å². The predicted molar refractivity (Wildman–Crippen MR) is 79.3 cm³/mol. The van der Waals surface area contributed by atoms with Crippen LogP contribution in [-0.4, -0.2) is 43.7 Å². The first-order valence-corrected chi connectivity index (χ1v) is 7.04. The van der Waals surface area contributed by atoms with Crippen LogP contribution in [0.4, 0.5) is 13.2 Å². The summed E-state index contributed by atoms with van der Waals surface area (Å²) in [6.45, 7) is 1.52. The average Bonchev–Trinajstić information content (AvgIpc) is 2.41. The van der Waals surface area contributed by atoms with Gasteiger partial charge in [0.25, 0.3) is 0 Å². The van der Waals surface area contributed by atoms with E-state index in [-0.39, 0.29) is 12.5 Å². The number of aryl methyl sites for hydroxylation is 1. The standard InChI is InChI=1S/C15H22F3N3O/c1-11-4-6-12(7-5-11)13(19)14(22)20-8-3-9-21(2)10-15(16,17)18/h4-7,13H,3,8-10,19H2,1-2H3,(H,20,22). The van der Waals surface area contributed by atoms with Gasteiger partial charge in [0, 0.05) is 6.54 Å². The number of amides is 1. The lowest BCUT2D eigenvalue weighted by atomic mass is 10.1. The summed E-state index contributed by atoms with van der Waals surface area (Å²) in [4.78, 5) is 13.0. The molecule has 0 bridgehead atoms. The molecule has 0 aliphatic rings. The zero-order valence-electron chi connectivity index (χ0n) is 12.8. The van der Waals surface area contributed by atoms with Crippen molar-refractivity contribution in [1.29, 1.82) is 0 Å². The van der Waals surface area contributed by atoms with E-state index in [2.05, 4.69) is 5.32 Å². The molecule has 1 rings (SSSR count). The van der Waals surface area contributed by atoms with Crippen molar-refractivity contribution in [2.24, 2.45) is 5.73 Å². The molecule has 0 aliphatic heterocycles. The Labute approximate surface area is 128 Å². The molecule has 0 radical (unpaired) electrons. The van der Waals surface area contributed by atoms with Crippen molar-refractivity contribution in [2.45, 2.75) is 25.6 Å². The van der Waals surface area contributed by atoms with E-state index in [1.807, 2.05) is 19.1 Å². The summed E-state index contributed by atoms with van der Waals surface area (Å²) in [7, 11) is 1.40. The first kappa shape index (κ1) is 18.4. The minimum absolute atomic E-state index is 0.250. The summed E-state index contributed by atoms with van der Waals surface area (Å²) in [5.74, 6) is -0.331. The Hall–Kier alpha value is -1.60. The van der Waals surface area contributed by atoms with Crippen LogP contribution in [0.3, 0.4) is 0 Å². The number of halogens is 3. The molecule has 0 saturated heterocycles. The van der Waals surface area contributed by atoms with Gasteiger partial charge in [-0.3, -0.25) is 9.69 Å². The maximum absolute atomic E-state index is 12.1. The van der Waals surface area contributed by atoms with Crippen LogP contribution in [0.5, 0.6) is 0 Å². The largest absolute Gasteiger partial charge is 0.401 e. The molecule has 3 N–H and O–H groups in total. The number of alkyl halides is 3. The molecule has 1 atom stereocenters. The van der Waals surface area contributed by atoms with Gasteiger partial charge >= 0.3 is 6.18 Å². The molecule has 1 unspecified atom stereocenters. The number of nitrogens with one attached hydrogen (secondary N) is 1. The summed E-state index contributed by atoms with van der Waals surface area (Å²) >= 11 is 0. The molecule has 4 nitrogen and oxygen atoms in total.